The normalized spacial score (nSPS) is 10.9. The van der Waals surface area contributed by atoms with Gasteiger partial charge >= 0.3 is 11.9 Å². The second-order valence-electron chi connectivity index (χ2n) is 7.06. The van der Waals surface area contributed by atoms with Gasteiger partial charge in [-0.05, 0) is 6.42 Å². The van der Waals surface area contributed by atoms with Crippen LogP contribution in [0.3, 0.4) is 0 Å². The van der Waals surface area contributed by atoms with Crippen molar-refractivity contribution in [3.05, 3.63) is 0 Å². The zero-order chi connectivity index (χ0) is 20.3. The van der Waals surface area contributed by atoms with E-state index in [-0.39, 0.29) is 31.8 Å². The number of carboxylic acid groups (broad SMARTS) is 2. The molecule has 0 aromatic carbocycles. The van der Waals surface area contributed by atoms with Crippen LogP contribution in [0, 0.1) is 0 Å². The summed E-state index contributed by atoms with van der Waals surface area (Å²) in [6.07, 6.45) is 11.4. The lowest BCUT2D eigenvalue weighted by atomic mass is 10.1. The van der Waals surface area contributed by atoms with Gasteiger partial charge in [-0.3, -0.25) is 14.4 Å². The molecule has 0 atom stereocenters. The first-order valence-corrected chi connectivity index (χ1v) is 10.4. The maximum absolute atomic E-state index is 11.8. The molecule has 0 aliphatic rings. The van der Waals surface area contributed by atoms with Crippen LogP contribution in [0.25, 0.3) is 0 Å². The van der Waals surface area contributed by atoms with Crippen molar-refractivity contribution in [2.45, 2.75) is 84.0 Å². The van der Waals surface area contributed by atoms with Gasteiger partial charge in [0.2, 0.25) is 5.91 Å². The predicted octanol–water partition coefficient (Wildman–Crippen LogP) is 3.27. The fourth-order valence-electron chi connectivity index (χ4n) is 2.88. The van der Waals surface area contributed by atoms with Crippen molar-refractivity contribution in [1.29, 1.82) is 0 Å². The summed E-state index contributed by atoms with van der Waals surface area (Å²) in [7, 11) is 0. The van der Waals surface area contributed by atoms with E-state index in [1.807, 2.05) is 0 Å². The smallest absolute Gasteiger partial charge is 0.304 e. The molecule has 0 fully saturated rings. The molecule has 0 heterocycles. The highest BCUT2D eigenvalue weighted by atomic mass is 16.4. The average Bonchev–Trinajstić information content (AvgIpc) is 2.61. The van der Waals surface area contributed by atoms with Crippen LogP contribution in [0.5, 0.6) is 0 Å². The SMILES string of the molecule is CCCCCCCCCCCC(=O)NCCN(CCC(=O)O)CCC(=O)O. The summed E-state index contributed by atoms with van der Waals surface area (Å²) in [6, 6.07) is 0. The van der Waals surface area contributed by atoms with Crippen molar-refractivity contribution in [2.75, 3.05) is 26.2 Å². The van der Waals surface area contributed by atoms with Crippen LogP contribution in [0.4, 0.5) is 0 Å². The van der Waals surface area contributed by atoms with Crippen LogP contribution in [0.1, 0.15) is 84.0 Å². The van der Waals surface area contributed by atoms with Crippen molar-refractivity contribution >= 4 is 17.8 Å². The molecule has 7 heteroatoms. The van der Waals surface area contributed by atoms with Gasteiger partial charge in [0.15, 0.2) is 0 Å². The fourth-order valence-corrected chi connectivity index (χ4v) is 2.88. The lowest BCUT2D eigenvalue weighted by molar-refractivity contribution is -0.137. The zero-order valence-corrected chi connectivity index (χ0v) is 16.9. The Labute approximate surface area is 163 Å². The summed E-state index contributed by atoms with van der Waals surface area (Å²) in [4.78, 5) is 35.0. The molecule has 27 heavy (non-hydrogen) atoms. The van der Waals surface area contributed by atoms with Gasteiger partial charge in [0.05, 0.1) is 12.8 Å². The van der Waals surface area contributed by atoms with Crippen LogP contribution in [0.2, 0.25) is 0 Å². The molecule has 0 unspecified atom stereocenters. The van der Waals surface area contributed by atoms with Crippen molar-refractivity contribution < 1.29 is 24.6 Å². The first kappa shape index (κ1) is 25.4. The molecule has 0 aromatic heterocycles. The van der Waals surface area contributed by atoms with Gasteiger partial charge < -0.3 is 20.4 Å². The number of nitrogens with zero attached hydrogens (tertiary/aromatic N) is 1. The first-order chi connectivity index (χ1) is 13.0. The molecular formula is C20H38N2O5. The molecule has 0 saturated carbocycles. The van der Waals surface area contributed by atoms with E-state index in [2.05, 4.69) is 12.2 Å². The zero-order valence-electron chi connectivity index (χ0n) is 16.9. The molecule has 0 aliphatic heterocycles. The number of amides is 1. The van der Waals surface area contributed by atoms with Crippen molar-refractivity contribution in [2.24, 2.45) is 0 Å². The van der Waals surface area contributed by atoms with Gasteiger partial charge in [-0.1, -0.05) is 58.3 Å². The summed E-state index contributed by atoms with van der Waals surface area (Å²) in [5, 5.41) is 20.3. The number of rotatable bonds is 19. The Morgan fingerprint density at radius 2 is 1.19 bits per heavy atom. The molecule has 0 saturated heterocycles. The van der Waals surface area contributed by atoms with E-state index in [0.717, 1.165) is 12.8 Å². The van der Waals surface area contributed by atoms with Gasteiger partial charge in [0.1, 0.15) is 0 Å². The number of aliphatic carboxylic acids is 2. The summed E-state index contributed by atoms with van der Waals surface area (Å²) in [6.45, 7) is 3.67. The molecule has 0 aromatic rings. The molecule has 0 rings (SSSR count). The Morgan fingerprint density at radius 3 is 1.67 bits per heavy atom. The number of carbonyl (C=O) groups excluding carboxylic acids is 1. The minimum absolute atomic E-state index is 0.00867. The van der Waals surface area contributed by atoms with Crippen LogP contribution >= 0.6 is 0 Å². The monoisotopic (exact) mass is 386 g/mol. The number of carboxylic acids is 2. The Balaban J connectivity index is 3.71. The Morgan fingerprint density at radius 1 is 0.704 bits per heavy atom. The number of unbranched alkanes of at least 4 members (excludes halogenated alkanes) is 8. The topological polar surface area (TPSA) is 107 Å². The maximum atomic E-state index is 11.8. The number of carbonyl (C=O) groups is 3. The Bertz CT molecular complexity index is 397. The van der Waals surface area contributed by atoms with Crippen LogP contribution in [0.15, 0.2) is 0 Å². The molecule has 0 bridgehead atoms. The van der Waals surface area contributed by atoms with E-state index in [0.29, 0.717) is 19.5 Å². The van der Waals surface area contributed by atoms with Crippen molar-refractivity contribution in [3.8, 4) is 0 Å². The summed E-state index contributed by atoms with van der Waals surface area (Å²) in [5.41, 5.74) is 0. The van der Waals surface area contributed by atoms with E-state index in [9.17, 15) is 14.4 Å². The highest BCUT2D eigenvalue weighted by Crippen LogP contribution is 2.10. The van der Waals surface area contributed by atoms with Crippen molar-refractivity contribution in [3.63, 3.8) is 0 Å². The molecule has 0 radical (unpaired) electrons. The third-order valence-corrected chi connectivity index (χ3v) is 4.54. The van der Waals surface area contributed by atoms with E-state index in [1.165, 1.54) is 44.9 Å². The standard InChI is InChI=1S/C20H38N2O5/c1-2-3-4-5-6-7-8-9-10-11-18(23)21-14-17-22(15-12-19(24)25)16-13-20(26)27/h2-17H2,1H3,(H,21,23)(H,24,25)(H,26,27). The Hall–Kier alpha value is -1.63. The van der Waals surface area contributed by atoms with Gasteiger partial charge in [-0.2, -0.15) is 0 Å². The van der Waals surface area contributed by atoms with Gasteiger partial charge in [-0.25, -0.2) is 0 Å². The number of nitrogens with one attached hydrogen (secondary N) is 1. The van der Waals surface area contributed by atoms with Crippen LogP contribution < -0.4 is 5.32 Å². The second-order valence-corrected chi connectivity index (χ2v) is 7.06. The highest BCUT2D eigenvalue weighted by molar-refractivity contribution is 5.75. The van der Waals surface area contributed by atoms with Gasteiger partial charge in [0, 0.05) is 32.6 Å². The molecular weight excluding hydrogens is 348 g/mol. The summed E-state index contributed by atoms with van der Waals surface area (Å²) >= 11 is 0. The first-order valence-electron chi connectivity index (χ1n) is 10.4. The average molecular weight is 387 g/mol. The van der Waals surface area contributed by atoms with Crippen LogP contribution in [-0.4, -0.2) is 59.1 Å². The third kappa shape index (κ3) is 18.9. The van der Waals surface area contributed by atoms with E-state index < -0.39 is 11.9 Å². The third-order valence-electron chi connectivity index (χ3n) is 4.54. The number of hydrogen-bond acceptors (Lipinski definition) is 4. The molecule has 0 spiro atoms. The summed E-state index contributed by atoms with van der Waals surface area (Å²) in [5.74, 6) is -1.82. The molecule has 1 amide bonds. The van der Waals surface area contributed by atoms with E-state index in [4.69, 9.17) is 10.2 Å². The number of hydrogen-bond donors (Lipinski definition) is 3. The van der Waals surface area contributed by atoms with E-state index >= 15 is 0 Å². The van der Waals surface area contributed by atoms with Gasteiger partial charge in [0.25, 0.3) is 0 Å². The fraction of sp³-hybridized carbons (Fsp3) is 0.850. The molecule has 0 aliphatic carbocycles. The maximum Gasteiger partial charge on any atom is 0.304 e. The van der Waals surface area contributed by atoms with Crippen LogP contribution in [-0.2, 0) is 14.4 Å². The highest BCUT2D eigenvalue weighted by Gasteiger charge is 2.10. The lowest BCUT2D eigenvalue weighted by Crippen LogP contribution is -2.37. The minimum atomic E-state index is -0.912. The predicted molar refractivity (Wildman–Crippen MR) is 106 cm³/mol. The second kappa shape index (κ2) is 17.8. The summed E-state index contributed by atoms with van der Waals surface area (Å²) < 4.78 is 0. The molecule has 158 valence electrons. The molecule has 3 N–H and O–H groups in total. The Kier molecular flexibility index (Phi) is 16.7. The molecule has 7 nitrogen and oxygen atoms in total. The van der Waals surface area contributed by atoms with Crippen molar-refractivity contribution in [1.82, 2.24) is 10.2 Å². The minimum Gasteiger partial charge on any atom is -0.481 e. The largest absolute Gasteiger partial charge is 0.481 e. The van der Waals surface area contributed by atoms with E-state index in [1.54, 1.807) is 4.90 Å². The van der Waals surface area contributed by atoms with Gasteiger partial charge in [-0.15, -0.1) is 0 Å². The quantitative estimate of drug-likeness (QED) is 0.294. The lowest BCUT2D eigenvalue weighted by Gasteiger charge is -2.20.